The number of ether oxygens (including phenoxy) is 1. The highest BCUT2D eigenvalue weighted by Gasteiger charge is 2.41. The predicted molar refractivity (Wildman–Crippen MR) is 102 cm³/mol. The number of aliphatic carboxylic acids is 1. The van der Waals surface area contributed by atoms with Gasteiger partial charge < -0.3 is 9.84 Å². The molecule has 1 saturated heterocycles. The van der Waals surface area contributed by atoms with Gasteiger partial charge in [-0.2, -0.15) is 0 Å². The van der Waals surface area contributed by atoms with Gasteiger partial charge in [-0.3, -0.25) is 9.69 Å². The number of piperidine rings is 1. The van der Waals surface area contributed by atoms with Crippen LogP contribution in [0, 0.1) is 18.3 Å². The van der Waals surface area contributed by atoms with Gasteiger partial charge in [0.2, 0.25) is 0 Å². The number of benzene rings is 1. The Morgan fingerprint density at radius 3 is 2.84 bits per heavy atom. The quantitative estimate of drug-likeness (QED) is 0.751. The number of hydrogen-bond donors (Lipinski definition) is 1. The zero-order valence-corrected chi connectivity index (χ0v) is 16.6. The lowest BCUT2D eigenvalue weighted by Crippen LogP contribution is -2.41. The third-order valence-electron chi connectivity index (χ3n) is 6.08. The topological polar surface area (TPSA) is 49.8 Å². The van der Waals surface area contributed by atoms with Gasteiger partial charge in [-0.05, 0) is 82.0 Å². The molecule has 4 nitrogen and oxygen atoms in total. The molecule has 25 heavy (non-hydrogen) atoms. The fraction of sp³-hybridized carbons (Fsp3) is 0.650. The SMILES string of the molecule is Cc1c(Br)cccc1OCC[C@H]1CCC2(CCN(CC(=O)O)CC2)C1. The number of halogens is 1. The van der Waals surface area contributed by atoms with Gasteiger partial charge in [-0.15, -0.1) is 0 Å². The Bertz CT molecular complexity index is 611. The summed E-state index contributed by atoms with van der Waals surface area (Å²) in [5.41, 5.74) is 1.63. The molecule has 0 aromatic heterocycles. The van der Waals surface area contributed by atoms with E-state index in [1.165, 1.54) is 19.3 Å². The van der Waals surface area contributed by atoms with Crippen LogP contribution in [0.15, 0.2) is 22.7 Å². The van der Waals surface area contributed by atoms with E-state index in [1.807, 2.05) is 18.2 Å². The molecule has 1 aromatic rings. The average molecular weight is 410 g/mol. The molecular formula is C20H28BrNO3. The number of rotatable bonds is 6. The molecule has 2 fully saturated rings. The van der Waals surface area contributed by atoms with Crippen molar-refractivity contribution in [3.8, 4) is 5.75 Å². The number of carboxylic acid groups (broad SMARTS) is 1. The Balaban J connectivity index is 1.43. The Morgan fingerprint density at radius 2 is 2.12 bits per heavy atom. The van der Waals surface area contributed by atoms with E-state index in [0.717, 1.165) is 60.7 Å². The van der Waals surface area contributed by atoms with Crippen LogP contribution in [0.25, 0.3) is 0 Å². The van der Waals surface area contributed by atoms with Gasteiger partial charge in [-0.1, -0.05) is 22.0 Å². The Kier molecular flexibility index (Phi) is 6.05. The van der Waals surface area contributed by atoms with Gasteiger partial charge in [0.15, 0.2) is 0 Å². The van der Waals surface area contributed by atoms with Crippen LogP contribution in [0.2, 0.25) is 0 Å². The molecule has 0 unspecified atom stereocenters. The molecule has 1 aliphatic carbocycles. The first-order chi connectivity index (χ1) is 12.0. The van der Waals surface area contributed by atoms with Gasteiger partial charge in [-0.25, -0.2) is 0 Å². The van der Waals surface area contributed by atoms with Crippen LogP contribution in [0.4, 0.5) is 0 Å². The highest BCUT2D eigenvalue weighted by atomic mass is 79.9. The van der Waals surface area contributed by atoms with Crippen molar-refractivity contribution in [2.75, 3.05) is 26.2 Å². The third-order valence-corrected chi connectivity index (χ3v) is 6.94. The van der Waals surface area contributed by atoms with Crippen molar-refractivity contribution >= 4 is 21.9 Å². The summed E-state index contributed by atoms with van der Waals surface area (Å²) in [6, 6.07) is 6.09. The predicted octanol–water partition coefficient (Wildman–Crippen LogP) is 4.49. The summed E-state index contributed by atoms with van der Waals surface area (Å²) in [6.07, 6.45) is 7.31. The molecule has 3 rings (SSSR count). The van der Waals surface area contributed by atoms with E-state index in [1.54, 1.807) is 0 Å². The molecule has 2 aliphatic rings. The standard InChI is InChI=1S/C20H28BrNO3/c1-15-17(21)3-2-4-18(15)25-12-6-16-5-7-20(13-16)8-10-22(11-9-20)14-19(23)24/h2-4,16H,5-14H2,1H3,(H,23,24)/t16-/m1/s1. The summed E-state index contributed by atoms with van der Waals surface area (Å²) >= 11 is 3.55. The lowest BCUT2D eigenvalue weighted by atomic mass is 9.76. The summed E-state index contributed by atoms with van der Waals surface area (Å²) < 4.78 is 7.11. The molecule has 1 aromatic carbocycles. The van der Waals surface area contributed by atoms with Crippen LogP contribution in [0.1, 0.15) is 44.1 Å². The molecular weight excluding hydrogens is 382 g/mol. The van der Waals surface area contributed by atoms with Gasteiger partial charge >= 0.3 is 5.97 Å². The van der Waals surface area contributed by atoms with Crippen LogP contribution < -0.4 is 4.74 Å². The van der Waals surface area contributed by atoms with E-state index in [9.17, 15) is 4.79 Å². The molecule has 5 heteroatoms. The second kappa shape index (κ2) is 8.09. The number of hydrogen-bond acceptors (Lipinski definition) is 3. The Labute approximate surface area is 158 Å². The molecule has 0 radical (unpaired) electrons. The molecule has 1 aliphatic heterocycles. The monoisotopic (exact) mass is 409 g/mol. The van der Waals surface area contributed by atoms with Crippen molar-refractivity contribution in [1.29, 1.82) is 0 Å². The molecule has 1 spiro atoms. The maximum atomic E-state index is 10.9. The van der Waals surface area contributed by atoms with Crippen LogP contribution in [-0.2, 0) is 4.79 Å². The fourth-order valence-corrected chi connectivity index (χ4v) is 4.83. The maximum absolute atomic E-state index is 10.9. The summed E-state index contributed by atoms with van der Waals surface area (Å²) in [7, 11) is 0. The molecule has 1 saturated carbocycles. The van der Waals surface area contributed by atoms with Gasteiger partial charge in [0.25, 0.3) is 0 Å². The lowest BCUT2D eigenvalue weighted by Gasteiger charge is -2.39. The van der Waals surface area contributed by atoms with Gasteiger partial charge in [0.05, 0.1) is 13.2 Å². The first-order valence-corrected chi connectivity index (χ1v) is 10.1. The van der Waals surface area contributed by atoms with Crippen molar-refractivity contribution in [1.82, 2.24) is 4.90 Å². The normalized spacial score (nSPS) is 23.0. The smallest absolute Gasteiger partial charge is 0.317 e. The zero-order chi connectivity index (χ0) is 17.9. The number of carboxylic acids is 1. The van der Waals surface area contributed by atoms with Crippen molar-refractivity contribution in [3.63, 3.8) is 0 Å². The van der Waals surface area contributed by atoms with Gasteiger partial charge in [0, 0.05) is 10.0 Å². The molecule has 1 heterocycles. The van der Waals surface area contributed by atoms with Crippen LogP contribution in [0.5, 0.6) is 5.75 Å². The number of carbonyl (C=O) groups is 1. The summed E-state index contributed by atoms with van der Waals surface area (Å²) in [4.78, 5) is 12.9. The number of likely N-dealkylation sites (tertiary alicyclic amines) is 1. The van der Waals surface area contributed by atoms with E-state index in [0.29, 0.717) is 5.41 Å². The highest BCUT2D eigenvalue weighted by Crippen LogP contribution is 2.49. The molecule has 138 valence electrons. The van der Waals surface area contributed by atoms with Crippen LogP contribution >= 0.6 is 15.9 Å². The molecule has 1 atom stereocenters. The van der Waals surface area contributed by atoms with Crippen molar-refractivity contribution in [2.24, 2.45) is 11.3 Å². The first-order valence-electron chi connectivity index (χ1n) is 9.29. The molecule has 0 amide bonds. The minimum absolute atomic E-state index is 0.194. The Hall–Kier alpha value is -1.07. The summed E-state index contributed by atoms with van der Waals surface area (Å²) in [5, 5.41) is 8.93. The average Bonchev–Trinajstić information content (AvgIpc) is 2.96. The van der Waals surface area contributed by atoms with Crippen LogP contribution in [0.3, 0.4) is 0 Å². The summed E-state index contributed by atoms with van der Waals surface area (Å²) in [5.74, 6) is 1.02. The van der Waals surface area contributed by atoms with E-state index in [-0.39, 0.29) is 6.54 Å². The largest absolute Gasteiger partial charge is 0.493 e. The van der Waals surface area contributed by atoms with E-state index in [2.05, 4.69) is 27.8 Å². The van der Waals surface area contributed by atoms with E-state index >= 15 is 0 Å². The minimum atomic E-state index is -0.708. The fourth-order valence-electron chi connectivity index (χ4n) is 4.48. The third kappa shape index (κ3) is 4.76. The summed E-state index contributed by atoms with van der Waals surface area (Å²) in [6.45, 7) is 4.93. The van der Waals surface area contributed by atoms with Crippen LogP contribution in [-0.4, -0.2) is 42.2 Å². The number of nitrogens with zero attached hydrogens (tertiary/aromatic N) is 1. The second-order valence-corrected chi connectivity index (χ2v) is 8.63. The lowest BCUT2D eigenvalue weighted by molar-refractivity contribution is -0.138. The minimum Gasteiger partial charge on any atom is -0.493 e. The molecule has 0 bridgehead atoms. The van der Waals surface area contributed by atoms with E-state index in [4.69, 9.17) is 9.84 Å². The second-order valence-electron chi connectivity index (χ2n) is 7.78. The Morgan fingerprint density at radius 1 is 1.36 bits per heavy atom. The maximum Gasteiger partial charge on any atom is 0.317 e. The van der Waals surface area contributed by atoms with Gasteiger partial charge in [0.1, 0.15) is 5.75 Å². The zero-order valence-electron chi connectivity index (χ0n) is 15.0. The van der Waals surface area contributed by atoms with Crippen molar-refractivity contribution < 1.29 is 14.6 Å². The van der Waals surface area contributed by atoms with Crippen molar-refractivity contribution in [2.45, 2.75) is 45.4 Å². The van der Waals surface area contributed by atoms with Crippen molar-refractivity contribution in [3.05, 3.63) is 28.2 Å². The van der Waals surface area contributed by atoms with E-state index < -0.39 is 5.97 Å². The first kappa shape index (κ1) is 18.7. The molecule has 1 N–H and O–H groups in total. The highest BCUT2D eigenvalue weighted by molar-refractivity contribution is 9.10.